The van der Waals surface area contributed by atoms with Gasteiger partial charge in [-0.05, 0) is 26.3 Å². The molecule has 0 fully saturated rings. The Bertz CT molecular complexity index is 437. The summed E-state index contributed by atoms with van der Waals surface area (Å²) in [5.74, 6) is 0. The summed E-state index contributed by atoms with van der Waals surface area (Å²) in [5.41, 5.74) is 1.95. The lowest BCUT2D eigenvalue weighted by Gasteiger charge is -2.24. The molecule has 0 bridgehead atoms. The third-order valence-corrected chi connectivity index (χ3v) is 3.07. The monoisotopic (exact) mass is 262 g/mol. The average molecular weight is 262 g/mol. The highest BCUT2D eigenvalue weighted by molar-refractivity contribution is 6.01. The van der Waals surface area contributed by atoms with Gasteiger partial charge in [0, 0.05) is 18.5 Å². The summed E-state index contributed by atoms with van der Waals surface area (Å²) >= 11 is 0. The minimum atomic E-state index is -0.552. The van der Waals surface area contributed by atoms with E-state index in [1.807, 2.05) is 30.3 Å². The normalized spacial score (nSPS) is 20.8. The van der Waals surface area contributed by atoms with Crippen molar-refractivity contribution in [1.82, 2.24) is 5.32 Å². The van der Waals surface area contributed by atoms with E-state index in [1.165, 1.54) is 0 Å². The van der Waals surface area contributed by atoms with Gasteiger partial charge >= 0.3 is 0 Å². The zero-order valence-electron chi connectivity index (χ0n) is 11.8. The summed E-state index contributed by atoms with van der Waals surface area (Å²) in [6, 6.07) is 9.93. The molecular formula is C15H22N2O2. The standard InChI is InChI=1S/C15H22N2O2/c1-15(2,3)16-10-13(18)14-9-12(17-19-14)11-7-5-4-6-8-11/h4-8,13-14,16,18H,9-10H2,1-3H3/t13-,14-/m0/s1. The minimum Gasteiger partial charge on any atom is -0.389 e. The second-order valence-corrected chi connectivity index (χ2v) is 5.95. The summed E-state index contributed by atoms with van der Waals surface area (Å²) in [7, 11) is 0. The number of hydrogen-bond acceptors (Lipinski definition) is 4. The van der Waals surface area contributed by atoms with Crippen molar-refractivity contribution in [3.05, 3.63) is 35.9 Å². The molecule has 0 unspecified atom stereocenters. The van der Waals surface area contributed by atoms with E-state index in [1.54, 1.807) is 0 Å². The second-order valence-electron chi connectivity index (χ2n) is 5.95. The molecule has 1 aromatic carbocycles. The number of nitrogens with zero attached hydrogens (tertiary/aromatic N) is 1. The third-order valence-electron chi connectivity index (χ3n) is 3.07. The quantitative estimate of drug-likeness (QED) is 0.871. The number of benzene rings is 1. The van der Waals surface area contributed by atoms with Crippen LogP contribution in [0, 0.1) is 0 Å². The molecule has 4 heteroatoms. The first kappa shape index (κ1) is 14.0. The summed E-state index contributed by atoms with van der Waals surface area (Å²) < 4.78 is 0. The smallest absolute Gasteiger partial charge is 0.160 e. The molecule has 0 saturated heterocycles. The Morgan fingerprint density at radius 1 is 1.37 bits per heavy atom. The third kappa shape index (κ3) is 4.04. The maximum absolute atomic E-state index is 10.1. The Morgan fingerprint density at radius 3 is 2.68 bits per heavy atom. The van der Waals surface area contributed by atoms with Gasteiger partial charge in [-0.25, -0.2) is 0 Å². The molecule has 0 saturated carbocycles. The molecule has 2 atom stereocenters. The Labute approximate surface area is 114 Å². The highest BCUT2D eigenvalue weighted by atomic mass is 16.7. The van der Waals surface area contributed by atoms with Gasteiger partial charge in [0.25, 0.3) is 0 Å². The molecule has 0 aliphatic carbocycles. The molecule has 1 aliphatic rings. The van der Waals surface area contributed by atoms with Crippen molar-refractivity contribution >= 4 is 5.71 Å². The van der Waals surface area contributed by atoms with Crippen LogP contribution in [0.1, 0.15) is 32.8 Å². The molecule has 2 rings (SSSR count). The van der Waals surface area contributed by atoms with Gasteiger partial charge in [-0.2, -0.15) is 0 Å². The lowest BCUT2D eigenvalue weighted by molar-refractivity contribution is -0.0181. The SMILES string of the molecule is CC(C)(C)NC[C@H](O)[C@@H]1CC(c2ccccc2)=NO1. The van der Waals surface area contributed by atoms with Crippen molar-refractivity contribution in [2.24, 2.45) is 5.16 Å². The Hall–Kier alpha value is -1.39. The lowest BCUT2D eigenvalue weighted by atomic mass is 10.0. The van der Waals surface area contributed by atoms with Crippen LogP contribution in [-0.4, -0.2) is 35.1 Å². The van der Waals surface area contributed by atoms with Crippen molar-refractivity contribution in [2.75, 3.05) is 6.54 Å². The molecule has 4 nitrogen and oxygen atoms in total. The maximum Gasteiger partial charge on any atom is 0.160 e. The highest BCUT2D eigenvalue weighted by Gasteiger charge is 2.29. The Balaban J connectivity index is 1.87. The first-order valence-corrected chi connectivity index (χ1v) is 6.67. The van der Waals surface area contributed by atoms with Crippen molar-refractivity contribution in [3.8, 4) is 0 Å². The number of aliphatic hydroxyl groups excluding tert-OH is 1. The zero-order valence-corrected chi connectivity index (χ0v) is 11.8. The van der Waals surface area contributed by atoms with Crippen LogP contribution < -0.4 is 5.32 Å². The number of rotatable bonds is 4. The molecule has 1 heterocycles. The van der Waals surface area contributed by atoms with E-state index in [9.17, 15) is 5.11 Å². The molecule has 0 radical (unpaired) electrons. The van der Waals surface area contributed by atoms with E-state index in [0.717, 1.165) is 11.3 Å². The van der Waals surface area contributed by atoms with E-state index in [2.05, 4.69) is 31.2 Å². The van der Waals surface area contributed by atoms with Gasteiger partial charge in [-0.3, -0.25) is 0 Å². The van der Waals surface area contributed by atoms with Gasteiger partial charge in [-0.1, -0.05) is 35.5 Å². The topological polar surface area (TPSA) is 53.8 Å². The predicted molar refractivity (Wildman–Crippen MR) is 76.2 cm³/mol. The Morgan fingerprint density at radius 2 is 2.05 bits per heavy atom. The van der Waals surface area contributed by atoms with Crippen LogP contribution in [0.15, 0.2) is 35.5 Å². The average Bonchev–Trinajstić information content (AvgIpc) is 2.86. The predicted octanol–water partition coefficient (Wildman–Crippen LogP) is 1.93. The van der Waals surface area contributed by atoms with Gasteiger partial charge in [0.2, 0.25) is 0 Å². The lowest BCUT2D eigenvalue weighted by Crippen LogP contribution is -2.44. The first-order valence-electron chi connectivity index (χ1n) is 6.67. The summed E-state index contributed by atoms with van der Waals surface area (Å²) in [5, 5.41) is 17.5. The van der Waals surface area contributed by atoms with E-state index in [0.29, 0.717) is 13.0 Å². The fourth-order valence-electron chi connectivity index (χ4n) is 1.95. The molecule has 19 heavy (non-hydrogen) atoms. The Kier molecular flexibility index (Phi) is 4.22. The van der Waals surface area contributed by atoms with Crippen molar-refractivity contribution in [1.29, 1.82) is 0 Å². The molecule has 0 amide bonds. The second kappa shape index (κ2) is 5.72. The van der Waals surface area contributed by atoms with Crippen LogP contribution >= 0.6 is 0 Å². The summed E-state index contributed by atoms with van der Waals surface area (Å²) in [4.78, 5) is 5.34. The van der Waals surface area contributed by atoms with Gasteiger partial charge in [0.15, 0.2) is 6.10 Å². The summed E-state index contributed by atoms with van der Waals surface area (Å²) in [6.07, 6.45) is -0.161. The van der Waals surface area contributed by atoms with E-state index in [4.69, 9.17) is 4.84 Å². The minimum absolute atomic E-state index is 0.0112. The van der Waals surface area contributed by atoms with Crippen LogP contribution in [0.2, 0.25) is 0 Å². The van der Waals surface area contributed by atoms with Gasteiger partial charge in [0.1, 0.15) is 6.10 Å². The van der Waals surface area contributed by atoms with Crippen molar-refractivity contribution < 1.29 is 9.94 Å². The molecular weight excluding hydrogens is 240 g/mol. The number of nitrogens with one attached hydrogen (secondary N) is 1. The fraction of sp³-hybridized carbons (Fsp3) is 0.533. The largest absolute Gasteiger partial charge is 0.389 e. The fourth-order valence-corrected chi connectivity index (χ4v) is 1.95. The van der Waals surface area contributed by atoms with Crippen LogP contribution in [0.4, 0.5) is 0 Å². The molecule has 1 aromatic rings. The number of hydrogen-bond donors (Lipinski definition) is 2. The van der Waals surface area contributed by atoms with E-state index < -0.39 is 6.10 Å². The molecule has 1 aliphatic heterocycles. The van der Waals surface area contributed by atoms with Gasteiger partial charge in [0.05, 0.1) is 5.71 Å². The van der Waals surface area contributed by atoms with E-state index in [-0.39, 0.29) is 11.6 Å². The van der Waals surface area contributed by atoms with Crippen LogP contribution in [0.5, 0.6) is 0 Å². The molecule has 2 N–H and O–H groups in total. The number of β-amino-alcohol motifs (C(OH)–C–C–N with tert-alkyl or cyclic N) is 1. The van der Waals surface area contributed by atoms with Crippen LogP contribution in [0.25, 0.3) is 0 Å². The van der Waals surface area contributed by atoms with Crippen molar-refractivity contribution in [2.45, 2.75) is 44.9 Å². The summed E-state index contributed by atoms with van der Waals surface area (Å²) in [6.45, 7) is 6.72. The number of oxime groups is 1. The van der Waals surface area contributed by atoms with E-state index >= 15 is 0 Å². The highest BCUT2D eigenvalue weighted by Crippen LogP contribution is 2.19. The zero-order chi connectivity index (χ0) is 13.9. The van der Waals surface area contributed by atoms with Crippen molar-refractivity contribution in [3.63, 3.8) is 0 Å². The first-order chi connectivity index (χ1) is 8.96. The van der Waals surface area contributed by atoms with Gasteiger partial charge in [-0.15, -0.1) is 0 Å². The number of aliphatic hydroxyl groups is 1. The molecule has 104 valence electrons. The van der Waals surface area contributed by atoms with Gasteiger partial charge < -0.3 is 15.3 Å². The van der Waals surface area contributed by atoms with Crippen LogP contribution in [-0.2, 0) is 4.84 Å². The molecule has 0 spiro atoms. The molecule has 0 aromatic heterocycles. The maximum atomic E-state index is 10.1. The van der Waals surface area contributed by atoms with Crippen LogP contribution in [0.3, 0.4) is 0 Å².